The molecule has 0 heterocycles. The highest BCUT2D eigenvalue weighted by molar-refractivity contribution is 7.80. The average Bonchev–Trinajstić information content (AvgIpc) is 2.29. The molecule has 18 heavy (non-hydrogen) atoms. The molecule has 0 saturated heterocycles. The number of aliphatic hydroxyl groups is 1. The van der Waals surface area contributed by atoms with Crippen LogP contribution in [0, 0.1) is 10.1 Å². The number of likely N-dealkylation sites (N-methyl/N-ethyl adjacent to an activating group) is 1. The van der Waals surface area contributed by atoms with E-state index in [2.05, 4.69) is 0 Å². The first kappa shape index (κ1) is 14.5. The predicted octanol–water partition coefficient (Wildman–Crippen LogP) is 0.846. The molecule has 1 aromatic carbocycles. The molecule has 0 bridgehead atoms. The number of thiocarbonyl (C=S) groups is 1. The monoisotopic (exact) mass is 269 g/mol. The van der Waals surface area contributed by atoms with E-state index in [1.807, 2.05) is 0 Å². The lowest BCUT2D eigenvalue weighted by Gasteiger charge is -2.26. The summed E-state index contributed by atoms with van der Waals surface area (Å²) in [6.45, 7) is 0.342. The highest BCUT2D eigenvalue weighted by Gasteiger charge is 2.21. The Labute approximate surface area is 110 Å². The van der Waals surface area contributed by atoms with E-state index in [0.29, 0.717) is 12.1 Å². The molecule has 0 aliphatic heterocycles. The molecule has 7 heteroatoms. The van der Waals surface area contributed by atoms with Gasteiger partial charge in [0.05, 0.1) is 22.6 Å². The molecule has 1 unspecified atom stereocenters. The Morgan fingerprint density at radius 1 is 1.67 bits per heavy atom. The van der Waals surface area contributed by atoms with Crippen molar-refractivity contribution in [2.24, 2.45) is 5.73 Å². The predicted molar refractivity (Wildman–Crippen MR) is 72.3 cm³/mol. The Kier molecular flexibility index (Phi) is 5.14. The van der Waals surface area contributed by atoms with E-state index in [1.54, 1.807) is 24.1 Å². The van der Waals surface area contributed by atoms with E-state index in [-0.39, 0.29) is 17.3 Å². The topological polar surface area (TPSA) is 92.6 Å². The highest BCUT2D eigenvalue weighted by atomic mass is 32.1. The largest absolute Gasteiger partial charge is 0.395 e. The molecule has 98 valence electrons. The number of nitro groups is 1. The van der Waals surface area contributed by atoms with Gasteiger partial charge in [-0.2, -0.15) is 0 Å². The molecule has 0 aliphatic rings. The van der Waals surface area contributed by atoms with E-state index in [4.69, 9.17) is 23.1 Å². The third kappa shape index (κ3) is 3.46. The summed E-state index contributed by atoms with van der Waals surface area (Å²) in [6, 6.07) is 5.74. The summed E-state index contributed by atoms with van der Waals surface area (Å²) in [7, 11) is 1.75. The minimum Gasteiger partial charge on any atom is -0.395 e. The van der Waals surface area contributed by atoms with Crippen molar-refractivity contribution < 1.29 is 10.0 Å². The maximum absolute atomic E-state index is 10.7. The number of rotatable bonds is 6. The number of hydrogen-bond donors (Lipinski definition) is 2. The summed E-state index contributed by atoms with van der Waals surface area (Å²) in [6.07, 6.45) is 0. The molecule has 0 amide bonds. The molecule has 1 aromatic rings. The van der Waals surface area contributed by atoms with Gasteiger partial charge in [-0.25, -0.2) is 0 Å². The van der Waals surface area contributed by atoms with Gasteiger partial charge in [0, 0.05) is 18.7 Å². The van der Waals surface area contributed by atoms with Gasteiger partial charge in [0.1, 0.15) is 0 Å². The van der Waals surface area contributed by atoms with Crippen LogP contribution in [0.3, 0.4) is 0 Å². The third-order valence-corrected chi connectivity index (χ3v) is 2.78. The maximum atomic E-state index is 10.7. The Balaban J connectivity index is 3.09. The standard InChI is InChI=1S/C11H15N3O3S/c1-13(5-6-15)10(11(12)18)8-3-2-4-9(7-8)14(16)17/h2-4,7,10,15H,5-6H2,1H3,(H2,12,18). The molecular formula is C11H15N3O3S. The van der Waals surface area contributed by atoms with Gasteiger partial charge in [-0.1, -0.05) is 24.4 Å². The number of aliphatic hydroxyl groups excluding tert-OH is 1. The molecule has 0 radical (unpaired) electrons. The molecule has 0 spiro atoms. The van der Waals surface area contributed by atoms with Gasteiger partial charge in [-0.15, -0.1) is 0 Å². The zero-order chi connectivity index (χ0) is 13.7. The van der Waals surface area contributed by atoms with Crippen molar-refractivity contribution in [2.45, 2.75) is 6.04 Å². The van der Waals surface area contributed by atoms with Crippen LogP contribution < -0.4 is 5.73 Å². The zero-order valence-corrected chi connectivity index (χ0v) is 10.8. The van der Waals surface area contributed by atoms with Gasteiger partial charge in [0.15, 0.2) is 0 Å². The minimum atomic E-state index is -0.466. The van der Waals surface area contributed by atoms with E-state index < -0.39 is 11.0 Å². The number of nitrogens with zero attached hydrogens (tertiary/aromatic N) is 2. The fourth-order valence-corrected chi connectivity index (χ4v) is 2.05. The molecule has 0 aromatic heterocycles. The van der Waals surface area contributed by atoms with E-state index in [0.717, 1.165) is 0 Å². The van der Waals surface area contributed by atoms with Gasteiger partial charge in [0.2, 0.25) is 0 Å². The van der Waals surface area contributed by atoms with Crippen LogP contribution in [0.5, 0.6) is 0 Å². The molecule has 3 N–H and O–H groups in total. The Morgan fingerprint density at radius 3 is 2.83 bits per heavy atom. The molecule has 0 aliphatic carbocycles. The summed E-state index contributed by atoms with van der Waals surface area (Å²) in [4.78, 5) is 12.2. The summed E-state index contributed by atoms with van der Waals surface area (Å²) in [5.41, 5.74) is 6.30. The lowest BCUT2D eigenvalue weighted by Crippen LogP contribution is -2.35. The second-order valence-electron chi connectivity index (χ2n) is 3.86. The van der Waals surface area contributed by atoms with Crippen LogP contribution in [-0.4, -0.2) is 40.1 Å². The summed E-state index contributed by atoms with van der Waals surface area (Å²) in [5, 5.41) is 19.7. The third-order valence-electron chi connectivity index (χ3n) is 2.56. The van der Waals surface area contributed by atoms with Crippen molar-refractivity contribution in [3.63, 3.8) is 0 Å². The number of nitro benzene ring substituents is 1. The minimum absolute atomic E-state index is 0.00820. The molecule has 0 saturated carbocycles. The lowest BCUT2D eigenvalue weighted by atomic mass is 10.0. The van der Waals surface area contributed by atoms with Gasteiger partial charge in [0.25, 0.3) is 5.69 Å². The summed E-state index contributed by atoms with van der Waals surface area (Å²) in [5.74, 6) is 0. The van der Waals surface area contributed by atoms with Crippen LogP contribution in [0.25, 0.3) is 0 Å². The normalized spacial score (nSPS) is 12.4. The first-order chi connectivity index (χ1) is 8.47. The molecule has 6 nitrogen and oxygen atoms in total. The van der Waals surface area contributed by atoms with Crippen LogP contribution in [0.15, 0.2) is 24.3 Å². The fraction of sp³-hybridized carbons (Fsp3) is 0.364. The van der Waals surface area contributed by atoms with Crippen LogP contribution in [0.2, 0.25) is 0 Å². The maximum Gasteiger partial charge on any atom is 0.269 e. The van der Waals surface area contributed by atoms with Crippen molar-refractivity contribution in [3.8, 4) is 0 Å². The molecular weight excluding hydrogens is 254 g/mol. The van der Waals surface area contributed by atoms with Crippen LogP contribution in [0.1, 0.15) is 11.6 Å². The first-order valence-corrected chi connectivity index (χ1v) is 5.73. The lowest BCUT2D eigenvalue weighted by molar-refractivity contribution is -0.384. The Hall–Kier alpha value is -1.57. The molecule has 1 rings (SSSR count). The molecule has 1 atom stereocenters. The van der Waals surface area contributed by atoms with Crippen LogP contribution >= 0.6 is 12.2 Å². The first-order valence-electron chi connectivity index (χ1n) is 5.32. The Morgan fingerprint density at radius 2 is 2.33 bits per heavy atom. The quantitative estimate of drug-likeness (QED) is 0.452. The summed E-state index contributed by atoms with van der Waals surface area (Å²) >= 11 is 4.98. The zero-order valence-electron chi connectivity index (χ0n) is 9.94. The van der Waals surface area contributed by atoms with Crippen molar-refractivity contribution in [1.82, 2.24) is 4.90 Å². The van der Waals surface area contributed by atoms with Gasteiger partial charge in [-0.3, -0.25) is 15.0 Å². The number of nitrogens with two attached hydrogens (primary N) is 1. The van der Waals surface area contributed by atoms with Gasteiger partial charge < -0.3 is 10.8 Å². The van der Waals surface area contributed by atoms with Crippen molar-refractivity contribution in [1.29, 1.82) is 0 Å². The second-order valence-corrected chi connectivity index (χ2v) is 4.33. The van der Waals surface area contributed by atoms with E-state index >= 15 is 0 Å². The number of hydrogen-bond acceptors (Lipinski definition) is 5. The second kappa shape index (κ2) is 6.39. The van der Waals surface area contributed by atoms with Gasteiger partial charge in [-0.05, 0) is 12.6 Å². The molecule has 0 fully saturated rings. The van der Waals surface area contributed by atoms with Crippen LogP contribution in [-0.2, 0) is 0 Å². The fourth-order valence-electron chi connectivity index (χ4n) is 1.73. The van der Waals surface area contributed by atoms with Crippen molar-refractivity contribution in [3.05, 3.63) is 39.9 Å². The number of non-ortho nitro benzene ring substituents is 1. The van der Waals surface area contributed by atoms with E-state index in [1.165, 1.54) is 12.1 Å². The number of benzene rings is 1. The van der Waals surface area contributed by atoms with Crippen LogP contribution in [0.4, 0.5) is 5.69 Å². The van der Waals surface area contributed by atoms with Crippen molar-refractivity contribution in [2.75, 3.05) is 20.2 Å². The average molecular weight is 269 g/mol. The SMILES string of the molecule is CN(CCO)C(C(N)=S)c1cccc([N+](=O)[O-])c1. The summed E-state index contributed by atoms with van der Waals surface area (Å²) < 4.78 is 0. The smallest absolute Gasteiger partial charge is 0.269 e. The Bertz CT molecular complexity index is 453. The van der Waals surface area contributed by atoms with Gasteiger partial charge >= 0.3 is 0 Å². The van der Waals surface area contributed by atoms with Crippen molar-refractivity contribution >= 4 is 22.9 Å². The highest BCUT2D eigenvalue weighted by Crippen LogP contribution is 2.23. The van der Waals surface area contributed by atoms with E-state index in [9.17, 15) is 10.1 Å².